The monoisotopic (exact) mass is 303 g/mol. The normalized spacial score (nSPS) is 16.2. The summed E-state index contributed by atoms with van der Waals surface area (Å²) in [6, 6.07) is 10.6. The first kappa shape index (κ1) is 16.5. The van der Waals surface area contributed by atoms with Gasteiger partial charge in [-0.2, -0.15) is 0 Å². The Morgan fingerprint density at radius 3 is 2.36 bits per heavy atom. The van der Waals surface area contributed by atoms with Crippen LogP contribution in [0, 0.1) is 0 Å². The molecule has 1 aromatic rings. The first-order chi connectivity index (χ1) is 10.6. The number of likely N-dealkylation sites (tertiary alicyclic amines) is 1. The number of nitrogens with zero attached hydrogens (tertiary/aromatic N) is 1. The highest BCUT2D eigenvalue weighted by atomic mass is 16.2. The molecule has 0 aromatic heterocycles. The lowest BCUT2D eigenvalue weighted by Crippen LogP contribution is -2.43. The van der Waals surface area contributed by atoms with Crippen molar-refractivity contribution >= 4 is 11.8 Å². The number of piperidine rings is 1. The number of hydrogen-bond donors (Lipinski definition) is 2. The lowest BCUT2D eigenvalue weighted by molar-refractivity contribution is -0.123. The maximum absolute atomic E-state index is 11.8. The van der Waals surface area contributed by atoms with Crippen LogP contribution >= 0.6 is 0 Å². The van der Waals surface area contributed by atoms with Crippen molar-refractivity contribution in [2.45, 2.75) is 25.7 Å². The Bertz CT molecular complexity index is 482. The average molecular weight is 303 g/mol. The number of nitrogens with one attached hydrogen (secondary N) is 2. The molecule has 120 valence electrons. The summed E-state index contributed by atoms with van der Waals surface area (Å²) < 4.78 is 0. The van der Waals surface area contributed by atoms with Gasteiger partial charge in [-0.05, 0) is 37.4 Å². The molecule has 0 radical (unpaired) electrons. The highest BCUT2D eigenvalue weighted by molar-refractivity contribution is 5.78. The largest absolute Gasteiger partial charge is 0.355 e. The van der Waals surface area contributed by atoms with Crippen molar-refractivity contribution in [2.24, 2.45) is 0 Å². The zero-order valence-electron chi connectivity index (χ0n) is 13.2. The Kier molecular flexibility index (Phi) is 6.40. The van der Waals surface area contributed by atoms with Crippen molar-refractivity contribution in [3.63, 3.8) is 0 Å². The minimum atomic E-state index is -0.0720. The van der Waals surface area contributed by atoms with Gasteiger partial charge in [0.25, 0.3) is 0 Å². The molecule has 0 saturated carbocycles. The van der Waals surface area contributed by atoms with Crippen molar-refractivity contribution < 1.29 is 9.59 Å². The maximum Gasteiger partial charge on any atom is 0.234 e. The van der Waals surface area contributed by atoms with Crippen molar-refractivity contribution in [3.05, 3.63) is 35.9 Å². The van der Waals surface area contributed by atoms with Crippen molar-refractivity contribution in [3.8, 4) is 0 Å². The molecule has 1 saturated heterocycles. The summed E-state index contributed by atoms with van der Waals surface area (Å²) in [5.74, 6) is 0.570. The molecular formula is C17H25N3O2. The van der Waals surface area contributed by atoms with E-state index in [1.54, 1.807) is 0 Å². The van der Waals surface area contributed by atoms with Gasteiger partial charge >= 0.3 is 0 Å². The fourth-order valence-electron chi connectivity index (χ4n) is 2.85. The van der Waals surface area contributed by atoms with Crippen LogP contribution in [0.2, 0.25) is 0 Å². The molecule has 2 rings (SSSR count). The van der Waals surface area contributed by atoms with Crippen LogP contribution in [0.4, 0.5) is 0 Å². The molecule has 1 aliphatic heterocycles. The van der Waals surface area contributed by atoms with E-state index in [9.17, 15) is 9.59 Å². The molecule has 22 heavy (non-hydrogen) atoms. The fraction of sp³-hybridized carbons (Fsp3) is 0.529. The van der Waals surface area contributed by atoms with Crippen LogP contribution in [0.25, 0.3) is 0 Å². The number of hydrogen-bond acceptors (Lipinski definition) is 3. The van der Waals surface area contributed by atoms with E-state index >= 15 is 0 Å². The predicted octanol–water partition coefficient (Wildman–Crippen LogP) is 1.12. The highest BCUT2D eigenvalue weighted by Crippen LogP contribution is 2.27. The van der Waals surface area contributed by atoms with Gasteiger partial charge in [0.1, 0.15) is 0 Å². The molecule has 5 nitrogen and oxygen atoms in total. The molecule has 1 aromatic carbocycles. The van der Waals surface area contributed by atoms with E-state index in [1.165, 1.54) is 12.5 Å². The molecule has 0 aliphatic carbocycles. The summed E-state index contributed by atoms with van der Waals surface area (Å²) in [7, 11) is 0. The van der Waals surface area contributed by atoms with Gasteiger partial charge in [0.2, 0.25) is 11.8 Å². The zero-order valence-corrected chi connectivity index (χ0v) is 13.2. The highest BCUT2D eigenvalue weighted by Gasteiger charge is 2.21. The van der Waals surface area contributed by atoms with E-state index in [1.807, 2.05) is 6.07 Å². The van der Waals surface area contributed by atoms with E-state index in [0.29, 0.717) is 25.6 Å². The SMILES string of the molecule is CC(=O)NCCNC(=O)CN1CCC(c2ccccc2)CC1. The topological polar surface area (TPSA) is 61.4 Å². The minimum Gasteiger partial charge on any atom is -0.355 e. The molecular weight excluding hydrogens is 278 g/mol. The van der Waals surface area contributed by atoms with Gasteiger partial charge in [0.05, 0.1) is 6.54 Å². The number of amides is 2. The van der Waals surface area contributed by atoms with Crippen molar-refractivity contribution in [1.82, 2.24) is 15.5 Å². The Morgan fingerprint density at radius 2 is 1.73 bits per heavy atom. The van der Waals surface area contributed by atoms with Gasteiger partial charge in [-0.3, -0.25) is 14.5 Å². The van der Waals surface area contributed by atoms with E-state index in [-0.39, 0.29) is 11.8 Å². The molecule has 0 atom stereocenters. The van der Waals surface area contributed by atoms with E-state index in [4.69, 9.17) is 0 Å². The third-order valence-electron chi connectivity index (χ3n) is 4.05. The van der Waals surface area contributed by atoms with Crippen molar-refractivity contribution in [1.29, 1.82) is 0 Å². The van der Waals surface area contributed by atoms with Crippen LogP contribution in [-0.4, -0.2) is 49.4 Å². The van der Waals surface area contributed by atoms with Gasteiger partial charge < -0.3 is 10.6 Å². The second kappa shape index (κ2) is 8.54. The molecule has 5 heteroatoms. The summed E-state index contributed by atoms with van der Waals surface area (Å²) in [6.45, 7) is 4.80. The van der Waals surface area contributed by atoms with Crippen LogP contribution in [0.3, 0.4) is 0 Å². The molecule has 0 spiro atoms. The van der Waals surface area contributed by atoms with Crippen LogP contribution < -0.4 is 10.6 Å². The number of carbonyl (C=O) groups excluding carboxylic acids is 2. The summed E-state index contributed by atoms with van der Waals surface area (Å²) in [6.07, 6.45) is 2.20. The Labute approximate surface area is 132 Å². The Hall–Kier alpha value is -1.88. The third kappa shape index (κ3) is 5.48. The number of carbonyl (C=O) groups is 2. The smallest absolute Gasteiger partial charge is 0.234 e. The maximum atomic E-state index is 11.8. The predicted molar refractivity (Wildman–Crippen MR) is 86.6 cm³/mol. The van der Waals surface area contributed by atoms with Gasteiger partial charge in [0, 0.05) is 20.0 Å². The average Bonchev–Trinajstić information content (AvgIpc) is 2.53. The fourth-order valence-corrected chi connectivity index (χ4v) is 2.85. The number of benzene rings is 1. The summed E-state index contributed by atoms with van der Waals surface area (Å²) in [4.78, 5) is 24.8. The van der Waals surface area contributed by atoms with Gasteiger partial charge in [-0.25, -0.2) is 0 Å². The second-order valence-electron chi connectivity index (χ2n) is 5.79. The van der Waals surface area contributed by atoms with E-state index < -0.39 is 0 Å². The molecule has 2 N–H and O–H groups in total. The molecule has 0 unspecified atom stereocenters. The molecule has 1 fully saturated rings. The van der Waals surface area contributed by atoms with Crippen LogP contribution in [0.15, 0.2) is 30.3 Å². The van der Waals surface area contributed by atoms with Crippen LogP contribution in [-0.2, 0) is 9.59 Å². The van der Waals surface area contributed by atoms with E-state index in [0.717, 1.165) is 25.9 Å². The van der Waals surface area contributed by atoms with Crippen LogP contribution in [0.5, 0.6) is 0 Å². The molecule has 1 aliphatic rings. The summed E-state index contributed by atoms with van der Waals surface area (Å²) >= 11 is 0. The van der Waals surface area contributed by atoms with Gasteiger partial charge in [-0.1, -0.05) is 30.3 Å². The van der Waals surface area contributed by atoms with E-state index in [2.05, 4.69) is 39.8 Å². The quantitative estimate of drug-likeness (QED) is 0.774. The molecule has 0 bridgehead atoms. The van der Waals surface area contributed by atoms with Crippen molar-refractivity contribution in [2.75, 3.05) is 32.7 Å². The third-order valence-corrected chi connectivity index (χ3v) is 4.05. The Balaban J connectivity index is 1.64. The standard InChI is InChI=1S/C17H25N3O2/c1-14(21)18-9-10-19-17(22)13-20-11-7-16(8-12-20)15-5-3-2-4-6-15/h2-6,16H,7-13H2,1H3,(H,18,21)(H,19,22). The van der Waals surface area contributed by atoms with Gasteiger partial charge in [0.15, 0.2) is 0 Å². The first-order valence-electron chi connectivity index (χ1n) is 7.93. The lowest BCUT2D eigenvalue weighted by atomic mass is 9.89. The first-order valence-corrected chi connectivity index (χ1v) is 7.93. The molecule has 1 heterocycles. The number of rotatable bonds is 6. The summed E-state index contributed by atoms with van der Waals surface area (Å²) in [5.41, 5.74) is 1.40. The molecule has 2 amide bonds. The lowest BCUT2D eigenvalue weighted by Gasteiger charge is -2.31. The van der Waals surface area contributed by atoms with Crippen LogP contribution in [0.1, 0.15) is 31.2 Å². The second-order valence-corrected chi connectivity index (χ2v) is 5.79. The minimum absolute atomic E-state index is 0.0310. The summed E-state index contributed by atoms with van der Waals surface area (Å²) in [5, 5.41) is 5.49. The van der Waals surface area contributed by atoms with Gasteiger partial charge in [-0.15, -0.1) is 0 Å². The zero-order chi connectivity index (χ0) is 15.8. The Morgan fingerprint density at radius 1 is 1.09 bits per heavy atom.